The van der Waals surface area contributed by atoms with Crippen molar-refractivity contribution in [3.8, 4) is 0 Å². The molecule has 1 unspecified atom stereocenters. The van der Waals surface area contributed by atoms with Crippen LogP contribution < -0.4 is 10.6 Å². The third-order valence-corrected chi connectivity index (χ3v) is 3.82. The lowest BCUT2D eigenvalue weighted by molar-refractivity contribution is -0.139. The molecule has 2 amide bonds. The minimum absolute atomic E-state index is 0.0233. The van der Waals surface area contributed by atoms with Crippen molar-refractivity contribution in [2.75, 3.05) is 12.8 Å². The summed E-state index contributed by atoms with van der Waals surface area (Å²) in [5.74, 6) is -1.32. The fraction of sp³-hybridized carbons (Fsp3) is 0.429. The van der Waals surface area contributed by atoms with Gasteiger partial charge in [0.15, 0.2) is 0 Å². The van der Waals surface area contributed by atoms with Gasteiger partial charge in [0.25, 0.3) is 0 Å². The maximum Gasteiger partial charge on any atom is 0.309 e. The summed E-state index contributed by atoms with van der Waals surface area (Å²) in [5, 5.41) is 15.0. The van der Waals surface area contributed by atoms with E-state index in [1.165, 1.54) is 0 Å². The van der Waals surface area contributed by atoms with Crippen LogP contribution in [-0.2, 0) is 9.59 Å². The normalized spacial score (nSPS) is 15.5. The maximum absolute atomic E-state index is 11.5. The lowest BCUT2D eigenvalue weighted by Gasteiger charge is -2.12. The zero-order valence-electron chi connectivity index (χ0n) is 11.3. The Kier molecular flexibility index (Phi) is 5.03. The molecule has 0 spiro atoms. The van der Waals surface area contributed by atoms with E-state index in [9.17, 15) is 14.7 Å². The average Bonchev–Trinajstić information content (AvgIpc) is 3.28. The average molecular weight is 294 g/mol. The monoisotopic (exact) mass is 294 g/mol. The van der Waals surface area contributed by atoms with Gasteiger partial charge in [0.1, 0.15) is 0 Å². The molecule has 3 N–H and O–H groups in total. The van der Waals surface area contributed by atoms with Gasteiger partial charge in [-0.1, -0.05) is 12.1 Å². The molecule has 0 bridgehead atoms. The summed E-state index contributed by atoms with van der Waals surface area (Å²) in [5.41, 5.74) is 0.714. The largest absolute Gasteiger partial charge is 0.387 e. The SMILES string of the molecule is CSc1ccc(C(O)CNC(=O)C(=O)NC2CC2)cc1. The first-order valence-corrected chi connectivity index (χ1v) is 7.73. The smallest absolute Gasteiger partial charge is 0.309 e. The molecule has 108 valence electrons. The molecule has 20 heavy (non-hydrogen) atoms. The highest BCUT2D eigenvalue weighted by atomic mass is 32.2. The molecule has 5 nitrogen and oxygen atoms in total. The highest BCUT2D eigenvalue weighted by molar-refractivity contribution is 7.98. The third kappa shape index (κ3) is 4.25. The van der Waals surface area contributed by atoms with Crippen molar-refractivity contribution in [3.63, 3.8) is 0 Å². The fourth-order valence-electron chi connectivity index (χ4n) is 1.69. The summed E-state index contributed by atoms with van der Waals surface area (Å²) in [6, 6.07) is 7.59. The van der Waals surface area contributed by atoms with Crippen LogP contribution in [0.15, 0.2) is 29.2 Å². The highest BCUT2D eigenvalue weighted by Gasteiger charge is 2.26. The van der Waals surface area contributed by atoms with E-state index >= 15 is 0 Å². The van der Waals surface area contributed by atoms with E-state index in [1.807, 2.05) is 30.5 Å². The van der Waals surface area contributed by atoms with Crippen molar-refractivity contribution in [2.24, 2.45) is 0 Å². The molecule has 0 aliphatic heterocycles. The first-order chi connectivity index (χ1) is 9.60. The summed E-state index contributed by atoms with van der Waals surface area (Å²) >= 11 is 1.62. The molecule has 1 aromatic carbocycles. The first kappa shape index (κ1) is 14.9. The molecule has 1 aromatic rings. The molecule has 1 aliphatic carbocycles. The van der Waals surface area contributed by atoms with Crippen molar-refractivity contribution in [1.29, 1.82) is 0 Å². The molecule has 1 fully saturated rings. The van der Waals surface area contributed by atoms with Crippen molar-refractivity contribution >= 4 is 23.6 Å². The van der Waals surface area contributed by atoms with Crippen LogP contribution in [0.4, 0.5) is 0 Å². The van der Waals surface area contributed by atoms with Crippen LogP contribution in [-0.4, -0.2) is 35.8 Å². The van der Waals surface area contributed by atoms with E-state index in [2.05, 4.69) is 10.6 Å². The molecule has 1 atom stereocenters. The number of amides is 2. The second kappa shape index (κ2) is 6.76. The van der Waals surface area contributed by atoms with Crippen LogP contribution in [0.3, 0.4) is 0 Å². The van der Waals surface area contributed by atoms with Crippen LogP contribution in [0, 0.1) is 0 Å². The van der Waals surface area contributed by atoms with Crippen LogP contribution in [0.1, 0.15) is 24.5 Å². The number of aliphatic hydroxyl groups excluding tert-OH is 1. The third-order valence-electron chi connectivity index (χ3n) is 3.08. The van der Waals surface area contributed by atoms with E-state index in [0.29, 0.717) is 5.56 Å². The Labute approximate surface area is 122 Å². The van der Waals surface area contributed by atoms with E-state index in [0.717, 1.165) is 17.7 Å². The molecule has 0 aromatic heterocycles. The Morgan fingerprint density at radius 2 is 1.95 bits per heavy atom. The van der Waals surface area contributed by atoms with Gasteiger partial charge in [0, 0.05) is 17.5 Å². The van der Waals surface area contributed by atoms with E-state index in [4.69, 9.17) is 0 Å². The predicted molar refractivity (Wildman–Crippen MR) is 77.4 cm³/mol. The topological polar surface area (TPSA) is 78.4 Å². The summed E-state index contributed by atoms with van der Waals surface area (Å²) in [6.07, 6.45) is 3.03. The molecular formula is C14H18N2O3S. The minimum atomic E-state index is -0.816. The lowest BCUT2D eigenvalue weighted by Crippen LogP contribution is -2.42. The number of thioether (sulfide) groups is 1. The van der Waals surface area contributed by atoms with E-state index in [-0.39, 0.29) is 12.6 Å². The Bertz CT molecular complexity index is 486. The molecule has 1 saturated carbocycles. The Morgan fingerprint density at radius 3 is 2.50 bits per heavy atom. The quantitative estimate of drug-likeness (QED) is 0.555. The van der Waals surface area contributed by atoms with Crippen LogP contribution in [0.25, 0.3) is 0 Å². The van der Waals surface area contributed by atoms with E-state index < -0.39 is 17.9 Å². The Morgan fingerprint density at radius 1 is 1.30 bits per heavy atom. The number of aliphatic hydroxyl groups is 1. The second-order valence-corrected chi connectivity index (χ2v) is 5.63. The molecule has 0 saturated heterocycles. The number of rotatable bonds is 5. The molecule has 1 aliphatic rings. The summed E-state index contributed by atoms with van der Waals surface area (Å²) in [7, 11) is 0. The second-order valence-electron chi connectivity index (χ2n) is 4.75. The summed E-state index contributed by atoms with van der Waals surface area (Å²) < 4.78 is 0. The lowest BCUT2D eigenvalue weighted by atomic mass is 10.1. The predicted octanol–water partition coefficient (Wildman–Crippen LogP) is 0.837. The van der Waals surface area contributed by atoms with Gasteiger partial charge in [0.05, 0.1) is 6.10 Å². The van der Waals surface area contributed by atoms with Gasteiger partial charge in [-0.3, -0.25) is 9.59 Å². The minimum Gasteiger partial charge on any atom is -0.387 e. The van der Waals surface area contributed by atoms with Crippen molar-refractivity contribution in [1.82, 2.24) is 10.6 Å². The number of carbonyl (C=O) groups is 2. The van der Waals surface area contributed by atoms with Crippen LogP contribution >= 0.6 is 11.8 Å². The molecule has 6 heteroatoms. The van der Waals surface area contributed by atoms with Crippen molar-refractivity contribution in [2.45, 2.75) is 29.9 Å². The number of benzene rings is 1. The maximum atomic E-state index is 11.5. The van der Waals surface area contributed by atoms with Crippen molar-refractivity contribution in [3.05, 3.63) is 29.8 Å². The Balaban J connectivity index is 1.79. The van der Waals surface area contributed by atoms with Gasteiger partial charge in [-0.15, -0.1) is 11.8 Å². The number of hydrogen-bond donors (Lipinski definition) is 3. The van der Waals surface area contributed by atoms with Crippen LogP contribution in [0.5, 0.6) is 0 Å². The van der Waals surface area contributed by atoms with Gasteiger partial charge in [-0.25, -0.2) is 0 Å². The zero-order valence-corrected chi connectivity index (χ0v) is 12.1. The zero-order chi connectivity index (χ0) is 14.5. The van der Waals surface area contributed by atoms with Gasteiger partial charge in [-0.2, -0.15) is 0 Å². The molecular weight excluding hydrogens is 276 g/mol. The number of carbonyl (C=O) groups excluding carboxylic acids is 2. The van der Waals surface area contributed by atoms with Gasteiger partial charge < -0.3 is 15.7 Å². The number of hydrogen-bond acceptors (Lipinski definition) is 4. The first-order valence-electron chi connectivity index (χ1n) is 6.51. The molecule has 0 radical (unpaired) electrons. The standard InChI is InChI=1S/C14H18N2O3S/c1-20-11-6-2-9(3-7-11)12(17)8-15-13(18)14(19)16-10-4-5-10/h2-3,6-7,10,12,17H,4-5,8H2,1H3,(H,15,18)(H,16,19). The van der Waals surface area contributed by atoms with E-state index in [1.54, 1.807) is 11.8 Å². The highest BCUT2D eigenvalue weighted by Crippen LogP contribution is 2.19. The van der Waals surface area contributed by atoms with Gasteiger partial charge >= 0.3 is 11.8 Å². The fourth-order valence-corrected chi connectivity index (χ4v) is 2.10. The summed E-state index contributed by atoms with van der Waals surface area (Å²) in [6.45, 7) is 0.0233. The van der Waals surface area contributed by atoms with Gasteiger partial charge in [-0.05, 0) is 36.8 Å². The molecule has 0 heterocycles. The van der Waals surface area contributed by atoms with Crippen LogP contribution in [0.2, 0.25) is 0 Å². The summed E-state index contributed by atoms with van der Waals surface area (Å²) in [4.78, 5) is 24.0. The Hall–Kier alpha value is -1.53. The van der Waals surface area contributed by atoms with Crippen molar-refractivity contribution < 1.29 is 14.7 Å². The number of nitrogens with one attached hydrogen (secondary N) is 2. The van der Waals surface area contributed by atoms with Gasteiger partial charge in [0.2, 0.25) is 0 Å². The molecule has 2 rings (SSSR count).